The summed E-state index contributed by atoms with van der Waals surface area (Å²) in [4.78, 5) is 14.7. The SMILES string of the molecule is Cc1ncc2cc(O)c(-c3ncc(N(C)[C@H]4CC5CCC(N5)[C@H]4F)nn3)cc2n1. The molecule has 4 heterocycles. The van der Waals surface area contributed by atoms with Gasteiger partial charge < -0.3 is 15.3 Å². The highest BCUT2D eigenvalue weighted by Gasteiger charge is 2.43. The number of aryl methyl sites for hydroxylation is 1. The van der Waals surface area contributed by atoms with E-state index in [1.165, 1.54) is 0 Å². The van der Waals surface area contributed by atoms with Gasteiger partial charge in [0.05, 0.1) is 23.3 Å². The lowest BCUT2D eigenvalue weighted by Crippen LogP contribution is -2.55. The molecule has 5 rings (SSSR count). The Morgan fingerprint density at radius 3 is 2.83 bits per heavy atom. The number of phenolic OH excluding ortho intramolecular Hbond substituents is 1. The van der Waals surface area contributed by atoms with Crippen molar-refractivity contribution in [3.05, 3.63) is 30.4 Å². The maximum atomic E-state index is 14.8. The molecule has 2 aromatic heterocycles. The van der Waals surface area contributed by atoms with Crippen molar-refractivity contribution in [2.24, 2.45) is 0 Å². The largest absolute Gasteiger partial charge is 0.507 e. The minimum Gasteiger partial charge on any atom is -0.507 e. The highest BCUT2D eigenvalue weighted by molar-refractivity contribution is 5.86. The lowest BCUT2D eigenvalue weighted by atomic mass is 9.96. The van der Waals surface area contributed by atoms with E-state index in [1.54, 1.807) is 31.5 Å². The van der Waals surface area contributed by atoms with Crippen LogP contribution in [-0.4, -0.2) is 61.6 Å². The first-order valence-corrected chi connectivity index (χ1v) is 9.79. The Balaban J connectivity index is 1.43. The van der Waals surface area contributed by atoms with Crippen molar-refractivity contribution in [2.45, 2.75) is 50.5 Å². The number of benzene rings is 1. The number of nitrogens with one attached hydrogen (secondary N) is 1. The van der Waals surface area contributed by atoms with E-state index in [0.717, 1.165) is 24.6 Å². The zero-order valence-corrected chi connectivity index (χ0v) is 16.2. The van der Waals surface area contributed by atoms with Gasteiger partial charge >= 0.3 is 0 Å². The van der Waals surface area contributed by atoms with Crippen LogP contribution in [0.1, 0.15) is 25.1 Å². The normalized spacial score (nSPS) is 26.0. The number of hydrogen-bond donors (Lipinski definition) is 2. The Morgan fingerprint density at radius 1 is 1.17 bits per heavy atom. The van der Waals surface area contributed by atoms with Crippen LogP contribution in [0.5, 0.6) is 5.75 Å². The fourth-order valence-corrected chi connectivity index (χ4v) is 4.41. The fraction of sp³-hybridized carbons (Fsp3) is 0.450. The Hall–Kier alpha value is -2.94. The van der Waals surface area contributed by atoms with Crippen molar-refractivity contribution in [1.29, 1.82) is 0 Å². The molecule has 2 aliphatic heterocycles. The van der Waals surface area contributed by atoms with E-state index < -0.39 is 6.17 Å². The summed E-state index contributed by atoms with van der Waals surface area (Å²) >= 11 is 0. The summed E-state index contributed by atoms with van der Waals surface area (Å²) < 4.78 is 14.8. The lowest BCUT2D eigenvalue weighted by molar-refractivity contribution is 0.176. The number of rotatable bonds is 3. The van der Waals surface area contributed by atoms with Gasteiger partial charge in [0.1, 0.15) is 17.7 Å². The molecule has 0 spiro atoms. The van der Waals surface area contributed by atoms with Gasteiger partial charge in [-0.25, -0.2) is 19.3 Å². The Kier molecular flexibility index (Phi) is 4.27. The number of nitrogens with zero attached hydrogens (tertiary/aromatic N) is 6. The molecule has 0 radical (unpaired) electrons. The molecule has 2 bridgehead atoms. The van der Waals surface area contributed by atoms with E-state index in [0.29, 0.717) is 34.6 Å². The topological polar surface area (TPSA) is 100.0 Å². The van der Waals surface area contributed by atoms with Crippen molar-refractivity contribution < 1.29 is 9.50 Å². The average molecular weight is 395 g/mol. The number of alkyl halides is 1. The van der Waals surface area contributed by atoms with Gasteiger partial charge in [-0.05, 0) is 38.3 Å². The number of aromatic hydroxyl groups is 1. The van der Waals surface area contributed by atoms with Gasteiger partial charge in [0, 0.05) is 30.7 Å². The van der Waals surface area contributed by atoms with Gasteiger partial charge in [0.25, 0.3) is 0 Å². The van der Waals surface area contributed by atoms with Crippen molar-refractivity contribution in [3.63, 3.8) is 0 Å². The smallest absolute Gasteiger partial charge is 0.185 e. The summed E-state index contributed by atoms with van der Waals surface area (Å²) in [5, 5.41) is 22.9. The standard InChI is InChI=1S/C20H22FN7O/c1-10-22-8-11-5-17(29)13(7-15(11)24-10)20-23-9-18(26-27-20)28(2)16-6-12-3-4-14(25-12)19(16)21/h5,7-9,12,14,16,19,25,29H,3-4,6H2,1-2H3/t12?,14?,16-,19+/m0/s1. The zero-order valence-electron chi connectivity index (χ0n) is 16.2. The number of phenols is 1. The minimum absolute atomic E-state index is 0.0339. The number of fused-ring (bicyclic) bond motifs is 3. The minimum atomic E-state index is -0.951. The fourth-order valence-electron chi connectivity index (χ4n) is 4.41. The molecular formula is C20H22FN7O. The monoisotopic (exact) mass is 395 g/mol. The van der Waals surface area contributed by atoms with E-state index in [2.05, 4.69) is 30.5 Å². The number of anilines is 1. The van der Waals surface area contributed by atoms with Gasteiger partial charge in [-0.2, -0.15) is 0 Å². The van der Waals surface area contributed by atoms with Crippen LogP contribution >= 0.6 is 0 Å². The predicted octanol–water partition coefficient (Wildman–Crippen LogP) is 2.16. The van der Waals surface area contributed by atoms with Gasteiger partial charge in [0.15, 0.2) is 11.6 Å². The third-order valence-corrected chi connectivity index (χ3v) is 6.02. The first kappa shape index (κ1) is 18.1. The van der Waals surface area contributed by atoms with Crippen molar-refractivity contribution in [1.82, 2.24) is 30.5 Å². The summed E-state index contributed by atoms with van der Waals surface area (Å²) in [7, 11) is 1.83. The highest BCUT2D eigenvalue weighted by Crippen LogP contribution is 2.34. The van der Waals surface area contributed by atoms with Crippen LogP contribution in [0.3, 0.4) is 0 Å². The van der Waals surface area contributed by atoms with Crippen molar-refractivity contribution in [2.75, 3.05) is 11.9 Å². The Bertz CT molecular complexity index is 1060. The van der Waals surface area contributed by atoms with Gasteiger partial charge in [-0.1, -0.05) is 0 Å². The molecule has 150 valence electrons. The molecule has 0 amide bonds. The molecule has 3 aromatic rings. The molecule has 4 atom stereocenters. The quantitative estimate of drug-likeness (QED) is 0.696. The predicted molar refractivity (Wildman–Crippen MR) is 106 cm³/mol. The number of halogens is 1. The highest BCUT2D eigenvalue weighted by atomic mass is 19.1. The molecule has 8 nitrogen and oxygen atoms in total. The number of aromatic nitrogens is 5. The first-order valence-electron chi connectivity index (χ1n) is 9.79. The molecule has 2 unspecified atom stereocenters. The Morgan fingerprint density at radius 2 is 2.03 bits per heavy atom. The number of hydrogen-bond acceptors (Lipinski definition) is 8. The van der Waals surface area contributed by atoms with Crippen LogP contribution in [0.4, 0.5) is 10.2 Å². The van der Waals surface area contributed by atoms with Crippen LogP contribution in [-0.2, 0) is 0 Å². The second-order valence-corrected chi connectivity index (χ2v) is 7.89. The molecular weight excluding hydrogens is 373 g/mol. The average Bonchev–Trinajstić information content (AvgIpc) is 3.14. The van der Waals surface area contributed by atoms with E-state index in [-0.39, 0.29) is 17.8 Å². The van der Waals surface area contributed by atoms with E-state index in [1.807, 2.05) is 11.9 Å². The molecule has 0 aliphatic carbocycles. The van der Waals surface area contributed by atoms with E-state index >= 15 is 0 Å². The molecule has 2 saturated heterocycles. The molecule has 2 fully saturated rings. The third-order valence-electron chi connectivity index (χ3n) is 6.02. The van der Waals surface area contributed by atoms with Crippen molar-refractivity contribution >= 4 is 16.7 Å². The van der Waals surface area contributed by atoms with Gasteiger partial charge in [0.2, 0.25) is 0 Å². The van der Waals surface area contributed by atoms with Gasteiger partial charge in [-0.3, -0.25) is 0 Å². The lowest BCUT2D eigenvalue weighted by Gasteiger charge is -2.38. The van der Waals surface area contributed by atoms with Crippen LogP contribution in [0, 0.1) is 6.92 Å². The third kappa shape index (κ3) is 3.15. The summed E-state index contributed by atoms with van der Waals surface area (Å²) in [6.45, 7) is 1.81. The van der Waals surface area contributed by atoms with Crippen LogP contribution in [0.2, 0.25) is 0 Å². The van der Waals surface area contributed by atoms with Crippen LogP contribution < -0.4 is 10.2 Å². The maximum Gasteiger partial charge on any atom is 0.185 e. The molecule has 1 aromatic carbocycles. The zero-order chi connectivity index (χ0) is 20.1. The van der Waals surface area contributed by atoms with Crippen molar-refractivity contribution in [3.8, 4) is 17.1 Å². The second kappa shape index (κ2) is 6.84. The second-order valence-electron chi connectivity index (χ2n) is 7.89. The summed E-state index contributed by atoms with van der Waals surface area (Å²) in [5.74, 6) is 1.48. The maximum absolute atomic E-state index is 14.8. The first-order chi connectivity index (χ1) is 14.0. The van der Waals surface area contributed by atoms with Crippen LogP contribution in [0.15, 0.2) is 24.5 Å². The molecule has 29 heavy (non-hydrogen) atoms. The van der Waals surface area contributed by atoms with E-state index in [9.17, 15) is 9.50 Å². The summed E-state index contributed by atoms with van der Waals surface area (Å²) in [6.07, 6.45) is 4.92. The molecule has 2 aliphatic rings. The summed E-state index contributed by atoms with van der Waals surface area (Å²) in [5.41, 5.74) is 1.14. The summed E-state index contributed by atoms with van der Waals surface area (Å²) in [6, 6.07) is 3.35. The van der Waals surface area contributed by atoms with Crippen LogP contribution in [0.25, 0.3) is 22.3 Å². The molecule has 9 heteroatoms. The number of piperidine rings is 1. The molecule has 0 saturated carbocycles. The van der Waals surface area contributed by atoms with Gasteiger partial charge in [-0.15, -0.1) is 10.2 Å². The van der Waals surface area contributed by atoms with E-state index in [4.69, 9.17) is 0 Å². The molecule has 2 N–H and O–H groups in total. The Labute approximate surface area is 167 Å².